The summed E-state index contributed by atoms with van der Waals surface area (Å²) in [6, 6.07) is 0. The summed E-state index contributed by atoms with van der Waals surface area (Å²) in [4.78, 5) is 27.0. The molecule has 0 radical (unpaired) electrons. The third-order valence-corrected chi connectivity index (χ3v) is 3.87. The zero-order valence-corrected chi connectivity index (χ0v) is 12.9. The summed E-state index contributed by atoms with van der Waals surface area (Å²) in [5.74, 6) is -0.0128. The Labute approximate surface area is 125 Å². The molecule has 0 spiro atoms. The number of rotatable bonds is 3. The Morgan fingerprint density at radius 1 is 1.00 bits per heavy atom. The van der Waals surface area contributed by atoms with E-state index in [0.717, 1.165) is 28.7 Å². The van der Waals surface area contributed by atoms with Gasteiger partial charge < -0.3 is 5.73 Å². The van der Waals surface area contributed by atoms with Gasteiger partial charge in [0, 0.05) is 11.4 Å². The lowest BCUT2D eigenvalue weighted by atomic mass is 10.2. The molecule has 0 atom stereocenters. The monoisotopic (exact) mass is 306 g/mol. The van der Waals surface area contributed by atoms with Crippen LogP contribution in [0.3, 0.4) is 0 Å². The first-order valence-electron chi connectivity index (χ1n) is 6.07. The van der Waals surface area contributed by atoms with Gasteiger partial charge in [0.05, 0.1) is 4.92 Å². The average Bonchev–Trinajstić information content (AvgIpc) is 2.34. The topological polar surface area (TPSA) is 121 Å². The van der Waals surface area contributed by atoms with Gasteiger partial charge in [0.25, 0.3) is 0 Å². The van der Waals surface area contributed by atoms with Crippen molar-refractivity contribution < 1.29 is 4.92 Å². The molecule has 2 rings (SSSR count). The van der Waals surface area contributed by atoms with E-state index in [2.05, 4.69) is 19.9 Å². The molecule has 0 amide bonds. The first-order chi connectivity index (χ1) is 9.79. The largest absolute Gasteiger partial charge is 0.368 e. The minimum Gasteiger partial charge on any atom is -0.368 e. The summed E-state index contributed by atoms with van der Waals surface area (Å²) < 4.78 is 0. The van der Waals surface area contributed by atoms with Crippen molar-refractivity contribution in [3.05, 3.63) is 32.8 Å². The molecule has 2 aromatic rings. The number of nitro groups is 1. The molecule has 2 aromatic heterocycles. The van der Waals surface area contributed by atoms with E-state index in [0.29, 0.717) is 5.16 Å². The molecule has 0 unspecified atom stereocenters. The maximum atomic E-state index is 11.2. The number of hydrogen-bond acceptors (Lipinski definition) is 8. The van der Waals surface area contributed by atoms with Gasteiger partial charge in [-0.3, -0.25) is 10.1 Å². The van der Waals surface area contributed by atoms with Crippen molar-refractivity contribution in [1.29, 1.82) is 0 Å². The van der Waals surface area contributed by atoms with Gasteiger partial charge in [0.15, 0.2) is 10.2 Å². The smallest absolute Gasteiger partial charge is 0.322 e. The molecule has 9 heteroatoms. The summed E-state index contributed by atoms with van der Waals surface area (Å²) in [5.41, 5.74) is 8.26. The van der Waals surface area contributed by atoms with Crippen LogP contribution in [0.25, 0.3) is 0 Å². The highest BCUT2D eigenvalue weighted by molar-refractivity contribution is 7.99. The van der Waals surface area contributed by atoms with E-state index in [1.165, 1.54) is 6.92 Å². The van der Waals surface area contributed by atoms with Crippen molar-refractivity contribution in [1.82, 2.24) is 19.9 Å². The number of aromatic nitrogens is 4. The van der Waals surface area contributed by atoms with Crippen LogP contribution in [0.2, 0.25) is 0 Å². The zero-order valence-electron chi connectivity index (χ0n) is 12.0. The normalized spacial score (nSPS) is 10.7. The highest BCUT2D eigenvalue weighted by Gasteiger charge is 2.23. The highest BCUT2D eigenvalue weighted by Crippen LogP contribution is 2.33. The fourth-order valence-corrected chi connectivity index (χ4v) is 2.71. The Balaban J connectivity index is 2.51. The Kier molecular flexibility index (Phi) is 4.03. The van der Waals surface area contributed by atoms with Crippen LogP contribution in [-0.4, -0.2) is 24.9 Å². The van der Waals surface area contributed by atoms with Gasteiger partial charge in [-0.25, -0.2) is 15.0 Å². The zero-order chi connectivity index (χ0) is 15.7. The second-order valence-corrected chi connectivity index (χ2v) is 5.44. The van der Waals surface area contributed by atoms with E-state index in [9.17, 15) is 10.1 Å². The summed E-state index contributed by atoms with van der Waals surface area (Å²) in [6.07, 6.45) is 0. The fourth-order valence-electron chi connectivity index (χ4n) is 1.72. The van der Waals surface area contributed by atoms with Gasteiger partial charge in [-0.2, -0.15) is 4.98 Å². The van der Waals surface area contributed by atoms with Crippen molar-refractivity contribution in [3.63, 3.8) is 0 Å². The molecule has 0 bridgehead atoms. The molecular formula is C12H14N6O2S. The molecule has 110 valence electrons. The molecule has 8 nitrogen and oxygen atoms in total. The third kappa shape index (κ3) is 3.07. The predicted octanol–water partition coefficient (Wildman–Crippen LogP) is 2.14. The minimum atomic E-state index is -0.523. The first-order valence-corrected chi connectivity index (χ1v) is 6.89. The van der Waals surface area contributed by atoms with E-state index in [1.807, 2.05) is 20.8 Å². The van der Waals surface area contributed by atoms with Crippen molar-refractivity contribution in [2.24, 2.45) is 0 Å². The van der Waals surface area contributed by atoms with Gasteiger partial charge in [0.1, 0.15) is 5.69 Å². The van der Waals surface area contributed by atoms with Crippen LogP contribution in [0.15, 0.2) is 10.2 Å². The summed E-state index contributed by atoms with van der Waals surface area (Å²) in [5, 5.41) is 11.7. The number of hydrogen-bond donors (Lipinski definition) is 1. The Morgan fingerprint density at radius 3 is 2.10 bits per heavy atom. The van der Waals surface area contributed by atoms with Crippen LogP contribution >= 0.6 is 11.8 Å². The standard InChI is InChI=1S/C12H14N6O2S/c1-5-6(2)15-12(16-7(5)3)21-10-9(18(19)20)8(4)14-11(13)17-10/h1-4H3,(H2,13,14,17). The van der Waals surface area contributed by atoms with Crippen LogP contribution < -0.4 is 5.73 Å². The molecule has 0 aromatic carbocycles. The molecule has 2 heterocycles. The van der Waals surface area contributed by atoms with E-state index in [1.54, 1.807) is 0 Å². The van der Waals surface area contributed by atoms with E-state index in [-0.39, 0.29) is 22.4 Å². The molecule has 0 aliphatic carbocycles. The Morgan fingerprint density at radius 2 is 1.57 bits per heavy atom. The molecule has 21 heavy (non-hydrogen) atoms. The van der Waals surface area contributed by atoms with Crippen molar-refractivity contribution in [3.8, 4) is 0 Å². The van der Waals surface area contributed by atoms with Gasteiger partial charge >= 0.3 is 5.69 Å². The highest BCUT2D eigenvalue weighted by atomic mass is 32.2. The van der Waals surface area contributed by atoms with Crippen LogP contribution in [0.4, 0.5) is 11.6 Å². The van der Waals surface area contributed by atoms with Gasteiger partial charge in [-0.1, -0.05) is 0 Å². The lowest BCUT2D eigenvalue weighted by Gasteiger charge is -2.07. The maximum absolute atomic E-state index is 11.2. The lowest BCUT2D eigenvalue weighted by molar-refractivity contribution is -0.389. The summed E-state index contributed by atoms with van der Waals surface area (Å²) in [7, 11) is 0. The second-order valence-electron chi connectivity index (χ2n) is 4.48. The molecule has 0 saturated heterocycles. The quantitative estimate of drug-likeness (QED) is 0.396. The second kappa shape index (κ2) is 5.60. The molecule has 0 aliphatic rings. The number of aryl methyl sites for hydroxylation is 3. The number of nitrogens with two attached hydrogens (primary N) is 1. The molecule has 0 fully saturated rings. The van der Waals surface area contributed by atoms with Gasteiger partial charge in [0.2, 0.25) is 5.95 Å². The number of nitrogens with zero attached hydrogens (tertiary/aromatic N) is 5. The van der Waals surface area contributed by atoms with Crippen molar-refractivity contribution in [2.45, 2.75) is 37.9 Å². The van der Waals surface area contributed by atoms with Crippen LogP contribution in [0.1, 0.15) is 22.6 Å². The Bertz CT molecular complexity index is 711. The van der Waals surface area contributed by atoms with Gasteiger partial charge in [-0.05, 0) is 45.0 Å². The average molecular weight is 306 g/mol. The minimum absolute atomic E-state index is 0.0128. The van der Waals surface area contributed by atoms with Crippen molar-refractivity contribution >= 4 is 23.4 Å². The van der Waals surface area contributed by atoms with Crippen molar-refractivity contribution in [2.75, 3.05) is 5.73 Å². The van der Waals surface area contributed by atoms with Crippen LogP contribution in [0.5, 0.6) is 0 Å². The summed E-state index contributed by atoms with van der Waals surface area (Å²) in [6.45, 7) is 7.17. The Hall–Kier alpha value is -2.29. The van der Waals surface area contributed by atoms with E-state index in [4.69, 9.17) is 5.73 Å². The lowest BCUT2D eigenvalue weighted by Crippen LogP contribution is -2.05. The summed E-state index contributed by atoms with van der Waals surface area (Å²) >= 11 is 1.01. The molecule has 0 saturated carbocycles. The molecule has 0 aliphatic heterocycles. The fraction of sp³-hybridized carbons (Fsp3) is 0.333. The molecular weight excluding hydrogens is 292 g/mol. The molecule has 2 N–H and O–H groups in total. The van der Waals surface area contributed by atoms with Crippen LogP contribution in [0, 0.1) is 37.8 Å². The van der Waals surface area contributed by atoms with E-state index < -0.39 is 4.92 Å². The number of anilines is 1. The maximum Gasteiger partial charge on any atom is 0.322 e. The van der Waals surface area contributed by atoms with E-state index >= 15 is 0 Å². The van der Waals surface area contributed by atoms with Crippen LogP contribution in [-0.2, 0) is 0 Å². The number of nitrogen functional groups attached to an aromatic ring is 1. The SMILES string of the molecule is Cc1nc(Sc2nc(N)nc(C)c2[N+](=O)[O-])nc(C)c1C. The first kappa shape index (κ1) is 15.1. The van der Waals surface area contributed by atoms with Gasteiger partial charge in [-0.15, -0.1) is 0 Å². The third-order valence-electron chi connectivity index (χ3n) is 3.03. The predicted molar refractivity (Wildman–Crippen MR) is 78.2 cm³/mol.